The van der Waals surface area contributed by atoms with Crippen molar-refractivity contribution < 1.29 is 9.32 Å². The number of rotatable bonds is 6. The topological polar surface area (TPSA) is 84.2 Å². The lowest BCUT2D eigenvalue weighted by Crippen LogP contribution is -2.27. The van der Waals surface area contributed by atoms with Crippen molar-refractivity contribution in [2.45, 2.75) is 51.0 Å². The molecule has 0 spiro atoms. The molecule has 2 fully saturated rings. The van der Waals surface area contributed by atoms with E-state index in [-0.39, 0.29) is 11.9 Å². The molecule has 24 heavy (non-hydrogen) atoms. The van der Waals surface area contributed by atoms with E-state index >= 15 is 0 Å². The van der Waals surface area contributed by atoms with Crippen LogP contribution in [-0.2, 0) is 4.79 Å². The number of nitrogens with zero attached hydrogens (tertiary/aromatic N) is 4. The summed E-state index contributed by atoms with van der Waals surface area (Å²) in [7, 11) is 0. The molecule has 2 aromatic heterocycles. The van der Waals surface area contributed by atoms with E-state index in [2.05, 4.69) is 25.6 Å². The predicted molar refractivity (Wildman–Crippen MR) is 89.9 cm³/mol. The second kappa shape index (κ2) is 6.60. The number of carbonyl (C=O) groups is 1. The second-order valence-electron chi connectivity index (χ2n) is 6.58. The molecule has 1 saturated carbocycles. The van der Waals surface area contributed by atoms with Crippen LogP contribution in [0.1, 0.15) is 60.5 Å². The first-order valence-corrected chi connectivity index (χ1v) is 9.31. The van der Waals surface area contributed by atoms with Gasteiger partial charge in [0, 0.05) is 24.9 Å². The van der Waals surface area contributed by atoms with Crippen LogP contribution in [-0.4, -0.2) is 39.3 Å². The lowest BCUT2D eigenvalue weighted by atomic mass is 10.1. The normalized spacial score (nSPS) is 21.3. The number of likely N-dealkylation sites (tertiary alicyclic amines) is 1. The highest BCUT2D eigenvalue weighted by atomic mass is 32.1. The lowest BCUT2D eigenvalue weighted by molar-refractivity contribution is -0.116. The maximum atomic E-state index is 12.2. The van der Waals surface area contributed by atoms with Gasteiger partial charge in [0.15, 0.2) is 5.76 Å². The standard InChI is InChI=1S/C16H21N5O2S/c1-10-9-13(23-20-10)12-3-2-7-21(12)8-6-14(22)17-16-19-18-15(24-16)11-4-5-11/h9,11-12H,2-8H2,1H3,(H,17,19,22)/t12-/m0/s1. The average Bonchev–Trinajstić information content (AvgIpc) is 2.97. The zero-order chi connectivity index (χ0) is 16.5. The minimum absolute atomic E-state index is 0.00658. The molecule has 1 atom stereocenters. The van der Waals surface area contributed by atoms with Crippen molar-refractivity contribution in [1.29, 1.82) is 0 Å². The third kappa shape index (κ3) is 3.49. The van der Waals surface area contributed by atoms with Gasteiger partial charge in [-0.2, -0.15) is 0 Å². The highest BCUT2D eigenvalue weighted by molar-refractivity contribution is 7.15. The molecule has 1 saturated heterocycles. The maximum Gasteiger partial charge on any atom is 0.227 e. The number of hydrogen-bond donors (Lipinski definition) is 1. The third-order valence-electron chi connectivity index (χ3n) is 4.58. The van der Waals surface area contributed by atoms with Gasteiger partial charge >= 0.3 is 0 Å². The van der Waals surface area contributed by atoms with E-state index in [1.165, 1.54) is 24.2 Å². The van der Waals surface area contributed by atoms with Crippen molar-refractivity contribution in [3.8, 4) is 0 Å². The van der Waals surface area contributed by atoms with E-state index in [0.717, 1.165) is 35.8 Å². The van der Waals surface area contributed by atoms with Crippen LogP contribution in [0.5, 0.6) is 0 Å². The highest BCUT2D eigenvalue weighted by Crippen LogP contribution is 2.42. The van der Waals surface area contributed by atoms with Crippen molar-refractivity contribution in [3.05, 3.63) is 22.5 Å². The largest absolute Gasteiger partial charge is 0.359 e. The van der Waals surface area contributed by atoms with E-state index in [0.29, 0.717) is 24.0 Å². The number of anilines is 1. The maximum absolute atomic E-state index is 12.2. The Kier molecular flexibility index (Phi) is 4.32. The average molecular weight is 347 g/mol. The van der Waals surface area contributed by atoms with Crippen LogP contribution in [0.15, 0.2) is 10.6 Å². The molecule has 3 heterocycles. The van der Waals surface area contributed by atoms with E-state index in [9.17, 15) is 4.79 Å². The first kappa shape index (κ1) is 15.7. The molecule has 8 heteroatoms. The van der Waals surface area contributed by atoms with E-state index < -0.39 is 0 Å². The zero-order valence-corrected chi connectivity index (χ0v) is 14.5. The second-order valence-corrected chi connectivity index (χ2v) is 7.59. The predicted octanol–water partition coefficient (Wildman–Crippen LogP) is 2.88. The van der Waals surface area contributed by atoms with E-state index in [1.54, 1.807) is 0 Å². The van der Waals surface area contributed by atoms with Crippen molar-refractivity contribution in [1.82, 2.24) is 20.3 Å². The van der Waals surface area contributed by atoms with Crippen LogP contribution >= 0.6 is 11.3 Å². The fourth-order valence-electron chi connectivity index (χ4n) is 3.16. The molecule has 0 radical (unpaired) electrons. The Bertz CT molecular complexity index is 724. The minimum atomic E-state index is -0.00658. The third-order valence-corrected chi connectivity index (χ3v) is 5.58. The zero-order valence-electron chi connectivity index (χ0n) is 13.7. The van der Waals surface area contributed by atoms with E-state index in [1.807, 2.05) is 13.0 Å². The smallest absolute Gasteiger partial charge is 0.227 e. The molecule has 0 unspecified atom stereocenters. The van der Waals surface area contributed by atoms with Gasteiger partial charge in [0.05, 0.1) is 11.7 Å². The van der Waals surface area contributed by atoms with Crippen LogP contribution in [0.2, 0.25) is 0 Å². The summed E-state index contributed by atoms with van der Waals surface area (Å²) in [5.74, 6) is 1.47. The number of hydrogen-bond acceptors (Lipinski definition) is 7. The lowest BCUT2D eigenvalue weighted by Gasteiger charge is -2.21. The van der Waals surface area contributed by atoms with Crippen LogP contribution in [0, 0.1) is 6.92 Å². The first-order chi connectivity index (χ1) is 11.7. The number of aromatic nitrogens is 3. The van der Waals surface area contributed by atoms with Crippen LogP contribution in [0.4, 0.5) is 5.13 Å². The van der Waals surface area contributed by atoms with Crippen molar-refractivity contribution in [2.24, 2.45) is 0 Å². The van der Waals surface area contributed by atoms with Gasteiger partial charge in [-0.3, -0.25) is 9.69 Å². The fraction of sp³-hybridized carbons (Fsp3) is 0.625. The Morgan fingerprint density at radius 1 is 1.42 bits per heavy atom. The van der Waals surface area contributed by atoms with Crippen LogP contribution in [0.25, 0.3) is 0 Å². The molecule has 1 aliphatic heterocycles. The van der Waals surface area contributed by atoms with Gasteiger partial charge < -0.3 is 9.84 Å². The molecule has 128 valence electrons. The Labute approximate surface area is 144 Å². The number of amides is 1. The quantitative estimate of drug-likeness (QED) is 0.865. The number of nitrogens with one attached hydrogen (secondary N) is 1. The SMILES string of the molecule is Cc1cc([C@@H]2CCCN2CCC(=O)Nc2nnc(C3CC3)s2)on1. The Morgan fingerprint density at radius 2 is 2.29 bits per heavy atom. The van der Waals surface area contributed by atoms with Crippen LogP contribution in [0.3, 0.4) is 0 Å². The Hall–Kier alpha value is -1.80. The monoisotopic (exact) mass is 347 g/mol. The van der Waals surface area contributed by atoms with Gasteiger partial charge in [-0.25, -0.2) is 0 Å². The van der Waals surface area contributed by atoms with Gasteiger partial charge in [-0.1, -0.05) is 16.5 Å². The van der Waals surface area contributed by atoms with Crippen LogP contribution < -0.4 is 5.32 Å². The van der Waals surface area contributed by atoms with Crippen molar-refractivity contribution in [3.63, 3.8) is 0 Å². The van der Waals surface area contributed by atoms with Crippen molar-refractivity contribution >= 4 is 22.4 Å². The molecule has 1 amide bonds. The molecule has 7 nitrogen and oxygen atoms in total. The summed E-state index contributed by atoms with van der Waals surface area (Å²) in [6.07, 6.45) is 5.01. The molecule has 2 aliphatic rings. The molecule has 1 N–H and O–H groups in total. The summed E-state index contributed by atoms with van der Waals surface area (Å²) in [6.45, 7) is 3.63. The Morgan fingerprint density at radius 3 is 3.04 bits per heavy atom. The molecule has 1 aliphatic carbocycles. The van der Waals surface area contributed by atoms with Gasteiger partial charge in [0.25, 0.3) is 0 Å². The van der Waals surface area contributed by atoms with Gasteiger partial charge in [-0.05, 0) is 39.2 Å². The molecule has 0 aromatic carbocycles. The first-order valence-electron chi connectivity index (χ1n) is 8.49. The number of carbonyl (C=O) groups excluding carboxylic acids is 1. The Balaban J connectivity index is 1.29. The van der Waals surface area contributed by atoms with Gasteiger partial charge in [0.1, 0.15) is 5.01 Å². The summed E-state index contributed by atoms with van der Waals surface area (Å²) < 4.78 is 5.40. The summed E-state index contributed by atoms with van der Waals surface area (Å²) >= 11 is 1.50. The summed E-state index contributed by atoms with van der Waals surface area (Å²) in [6, 6.07) is 2.23. The van der Waals surface area contributed by atoms with Gasteiger partial charge in [0.2, 0.25) is 11.0 Å². The van der Waals surface area contributed by atoms with E-state index in [4.69, 9.17) is 4.52 Å². The minimum Gasteiger partial charge on any atom is -0.359 e. The van der Waals surface area contributed by atoms with Crippen molar-refractivity contribution in [2.75, 3.05) is 18.4 Å². The highest BCUT2D eigenvalue weighted by Gasteiger charge is 2.30. The molecular formula is C16H21N5O2S. The fourth-order valence-corrected chi connectivity index (χ4v) is 4.09. The molecule has 2 aromatic rings. The summed E-state index contributed by atoms with van der Waals surface area (Å²) in [5, 5.41) is 16.7. The summed E-state index contributed by atoms with van der Waals surface area (Å²) in [4.78, 5) is 14.5. The number of aryl methyl sites for hydroxylation is 1. The molecular weight excluding hydrogens is 326 g/mol. The summed E-state index contributed by atoms with van der Waals surface area (Å²) in [5.41, 5.74) is 0.900. The molecule has 0 bridgehead atoms. The van der Waals surface area contributed by atoms with Gasteiger partial charge in [-0.15, -0.1) is 10.2 Å². The molecule has 4 rings (SSSR count).